The van der Waals surface area contributed by atoms with Gasteiger partial charge in [-0.05, 0) is 35.0 Å². The van der Waals surface area contributed by atoms with Gasteiger partial charge in [-0.25, -0.2) is 0 Å². The fourth-order valence-corrected chi connectivity index (χ4v) is 2.43. The van der Waals surface area contributed by atoms with E-state index in [0.717, 1.165) is 15.6 Å². The van der Waals surface area contributed by atoms with Gasteiger partial charge in [0.2, 0.25) is 5.82 Å². The monoisotopic (exact) mass is 339 g/mol. The van der Waals surface area contributed by atoms with Crippen LogP contribution in [0, 0.1) is 11.3 Å². The van der Waals surface area contributed by atoms with E-state index in [4.69, 9.17) is 5.26 Å². The van der Waals surface area contributed by atoms with Crippen LogP contribution in [0.5, 0.6) is 0 Å². The SMILES string of the molecule is N#Cc1cccc(Cn2nnc(-c3ccccc3Br)n2)c1. The van der Waals surface area contributed by atoms with Crippen molar-refractivity contribution >= 4 is 15.9 Å². The lowest BCUT2D eigenvalue weighted by atomic mass is 10.1. The van der Waals surface area contributed by atoms with Gasteiger partial charge in [-0.1, -0.05) is 40.2 Å². The van der Waals surface area contributed by atoms with Gasteiger partial charge in [-0.15, -0.1) is 10.2 Å². The lowest BCUT2D eigenvalue weighted by molar-refractivity contribution is 0.573. The molecule has 0 aliphatic carbocycles. The average molecular weight is 340 g/mol. The first-order chi connectivity index (χ1) is 10.3. The third-order valence-electron chi connectivity index (χ3n) is 2.95. The number of hydrogen-bond donors (Lipinski definition) is 0. The van der Waals surface area contributed by atoms with Gasteiger partial charge in [0.15, 0.2) is 0 Å². The fourth-order valence-electron chi connectivity index (χ4n) is 1.96. The second kappa shape index (κ2) is 5.85. The number of aromatic nitrogens is 4. The van der Waals surface area contributed by atoms with Crippen molar-refractivity contribution in [2.24, 2.45) is 0 Å². The molecule has 0 aliphatic rings. The first-order valence-electron chi connectivity index (χ1n) is 6.28. The van der Waals surface area contributed by atoms with E-state index in [2.05, 4.69) is 37.4 Å². The summed E-state index contributed by atoms with van der Waals surface area (Å²) in [5.41, 5.74) is 2.48. The zero-order valence-electron chi connectivity index (χ0n) is 10.9. The Morgan fingerprint density at radius 3 is 2.81 bits per heavy atom. The van der Waals surface area contributed by atoms with Crippen molar-refractivity contribution in [2.45, 2.75) is 6.54 Å². The van der Waals surface area contributed by atoms with Crippen molar-refractivity contribution in [1.29, 1.82) is 5.26 Å². The number of nitriles is 1. The molecular formula is C15H10BrN5. The number of rotatable bonds is 3. The maximum Gasteiger partial charge on any atom is 0.206 e. The van der Waals surface area contributed by atoms with Crippen LogP contribution in [0.15, 0.2) is 53.0 Å². The molecule has 3 rings (SSSR count). The highest BCUT2D eigenvalue weighted by Crippen LogP contribution is 2.24. The lowest BCUT2D eigenvalue weighted by Crippen LogP contribution is -2.04. The number of halogens is 1. The summed E-state index contributed by atoms with van der Waals surface area (Å²) in [5.74, 6) is 0.568. The molecule has 0 N–H and O–H groups in total. The zero-order chi connectivity index (χ0) is 14.7. The molecule has 0 fully saturated rings. The molecule has 0 radical (unpaired) electrons. The molecule has 3 aromatic rings. The second-order valence-corrected chi connectivity index (χ2v) is 5.29. The van der Waals surface area contributed by atoms with Crippen molar-refractivity contribution in [1.82, 2.24) is 20.2 Å². The fraction of sp³-hybridized carbons (Fsp3) is 0.0667. The second-order valence-electron chi connectivity index (χ2n) is 4.44. The lowest BCUT2D eigenvalue weighted by Gasteiger charge is -2.00. The Kier molecular flexibility index (Phi) is 3.75. The van der Waals surface area contributed by atoms with Crippen LogP contribution >= 0.6 is 15.9 Å². The molecule has 0 saturated carbocycles. The van der Waals surface area contributed by atoms with Crippen LogP contribution in [0.2, 0.25) is 0 Å². The van der Waals surface area contributed by atoms with E-state index in [-0.39, 0.29) is 0 Å². The van der Waals surface area contributed by atoms with Gasteiger partial charge in [0, 0.05) is 10.0 Å². The minimum absolute atomic E-state index is 0.479. The molecule has 0 spiro atoms. The van der Waals surface area contributed by atoms with Gasteiger partial charge >= 0.3 is 0 Å². The number of hydrogen-bond acceptors (Lipinski definition) is 4. The molecular weight excluding hydrogens is 330 g/mol. The molecule has 0 unspecified atom stereocenters. The van der Waals surface area contributed by atoms with Crippen LogP contribution < -0.4 is 0 Å². The summed E-state index contributed by atoms with van der Waals surface area (Å²) in [5, 5.41) is 21.4. The third kappa shape index (κ3) is 2.98. The minimum atomic E-state index is 0.479. The van der Waals surface area contributed by atoms with Crippen LogP contribution in [-0.2, 0) is 6.54 Å². The highest BCUT2D eigenvalue weighted by atomic mass is 79.9. The molecule has 102 valence electrons. The summed E-state index contributed by atoms with van der Waals surface area (Å²) in [6.07, 6.45) is 0. The predicted molar refractivity (Wildman–Crippen MR) is 81.2 cm³/mol. The Balaban J connectivity index is 1.86. The van der Waals surface area contributed by atoms with Crippen molar-refractivity contribution in [3.05, 3.63) is 64.1 Å². The Hall–Kier alpha value is -2.52. The Morgan fingerprint density at radius 2 is 2.00 bits per heavy atom. The van der Waals surface area contributed by atoms with E-state index in [1.807, 2.05) is 42.5 Å². The highest BCUT2D eigenvalue weighted by Gasteiger charge is 2.09. The van der Waals surface area contributed by atoms with Gasteiger partial charge in [0.25, 0.3) is 0 Å². The molecule has 6 heteroatoms. The van der Waals surface area contributed by atoms with Crippen molar-refractivity contribution in [3.8, 4) is 17.5 Å². The number of tetrazole rings is 1. The molecule has 0 bridgehead atoms. The van der Waals surface area contributed by atoms with Crippen LogP contribution in [0.25, 0.3) is 11.4 Å². The van der Waals surface area contributed by atoms with Gasteiger partial charge in [0.1, 0.15) is 0 Å². The Bertz CT molecular complexity index is 819. The van der Waals surface area contributed by atoms with Crippen LogP contribution in [0.1, 0.15) is 11.1 Å². The maximum atomic E-state index is 8.91. The summed E-state index contributed by atoms with van der Waals surface area (Å²) in [6.45, 7) is 0.479. The van der Waals surface area contributed by atoms with E-state index in [9.17, 15) is 0 Å². The van der Waals surface area contributed by atoms with E-state index < -0.39 is 0 Å². The normalized spacial score (nSPS) is 10.3. The molecule has 0 atom stereocenters. The molecule has 0 amide bonds. The third-order valence-corrected chi connectivity index (χ3v) is 3.64. The van der Waals surface area contributed by atoms with Crippen molar-refractivity contribution in [2.75, 3.05) is 0 Å². The topological polar surface area (TPSA) is 67.4 Å². The molecule has 5 nitrogen and oxygen atoms in total. The largest absolute Gasteiger partial charge is 0.206 e. The zero-order valence-corrected chi connectivity index (χ0v) is 12.5. The van der Waals surface area contributed by atoms with Gasteiger partial charge < -0.3 is 0 Å². The van der Waals surface area contributed by atoms with Crippen LogP contribution in [0.3, 0.4) is 0 Å². The first-order valence-corrected chi connectivity index (χ1v) is 7.07. The smallest absolute Gasteiger partial charge is 0.192 e. The van der Waals surface area contributed by atoms with Crippen molar-refractivity contribution in [3.63, 3.8) is 0 Å². The molecule has 0 saturated heterocycles. The quantitative estimate of drug-likeness (QED) is 0.735. The number of benzene rings is 2. The summed E-state index contributed by atoms with van der Waals surface area (Å²) in [4.78, 5) is 1.52. The first kappa shape index (κ1) is 13.5. The van der Waals surface area contributed by atoms with Crippen molar-refractivity contribution < 1.29 is 0 Å². The Labute approximate surface area is 130 Å². The van der Waals surface area contributed by atoms with Gasteiger partial charge in [-0.3, -0.25) is 0 Å². The van der Waals surface area contributed by atoms with E-state index in [0.29, 0.717) is 17.9 Å². The maximum absolute atomic E-state index is 8.91. The summed E-state index contributed by atoms with van der Waals surface area (Å²) in [7, 11) is 0. The van der Waals surface area contributed by atoms with Gasteiger partial charge in [-0.2, -0.15) is 10.1 Å². The summed E-state index contributed by atoms with van der Waals surface area (Å²) in [6, 6.07) is 17.2. The highest BCUT2D eigenvalue weighted by molar-refractivity contribution is 9.10. The van der Waals surface area contributed by atoms with Crippen LogP contribution in [0.4, 0.5) is 0 Å². The summed E-state index contributed by atoms with van der Waals surface area (Å²) >= 11 is 3.47. The molecule has 1 heterocycles. The van der Waals surface area contributed by atoms with E-state index in [1.54, 1.807) is 6.07 Å². The average Bonchev–Trinajstić information content (AvgIpc) is 2.96. The molecule has 21 heavy (non-hydrogen) atoms. The number of nitrogens with zero attached hydrogens (tertiary/aromatic N) is 5. The molecule has 1 aromatic heterocycles. The van der Waals surface area contributed by atoms with Gasteiger partial charge in [0.05, 0.1) is 18.2 Å². The van der Waals surface area contributed by atoms with E-state index >= 15 is 0 Å². The van der Waals surface area contributed by atoms with Crippen LogP contribution in [-0.4, -0.2) is 20.2 Å². The Morgan fingerprint density at radius 1 is 1.14 bits per heavy atom. The summed E-state index contributed by atoms with van der Waals surface area (Å²) < 4.78 is 0.927. The molecule has 2 aromatic carbocycles. The minimum Gasteiger partial charge on any atom is -0.192 e. The predicted octanol–water partition coefficient (Wildman–Crippen LogP) is 3.02. The molecule has 0 aliphatic heterocycles. The van der Waals surface area contributed by atoms with E-state index in [1.165, 1.54) is 4.80 Å². The standard InChI is InChI=1S/C15H10BrN5/c16-14-7-2-1-6-13(14)15-18-20-21(19-15)10-12-5-3-4-11(8-12)9-17/h1-8H,10H2.